The number of para-hydroxylation sites is 1. The van der Waals surface area contributed by atoms with Crippen LogP contribution in [0.3, 0.4) is 0 Å². The van der Waals surface area contributed by atoms with E-state index in [2.05, 4.69) is 15.9 Å². The van der Waals surface area contributed by atoms with Gasteiger partial charge in [-0.25, -0.2) is 4.79 Å². The minimum atomic E-state index is -1.03. The van der Waals surface area contributed by atoms with Gasteiger partial charge >= 0.3 is 5.97 Å². The largest absolute Gasteiger partial charge is 0.491 e. The maximum absolute atomic E-state index is 12.4. The van der Waals surface area contributed by atoms with Crippen LogP contribution in [0.2, 0.25) is 0 Å². The summed E-state index contributed by atoms with van der Waals surface area (Å²) in [5.41, 5.74) is 0.122. The van der Waals surface area contributed by atoms with Crippen molar-refractivity contribution < 1.29 is 23.8 Å². The van der Waals surface area contributed by atoms with Gasteiger partial charge in [-0.1, -0.05) is 6.07 Å². The van der Waals surface area contributed by atoms with Crippen molar-refractivity contribution in [3.8, 4) is 17.1 Å². The van der Waals surface area contributed by atoms with Crippen molar-refractivity contribution in [2.75, 3.05) is 13.2 Å². The van der Waals surface area contributed by atoms with Crippen LogP contribution < -0.4 is 10.2 Å². The maximum Gasteiger partial charge on any atom is 0.335 e. The Morgan fingerprint density at radius 2 is 1.90 bits per heavy atom. The lowest BCUT2D eigenvalue weighted by molar-refractivity contribution is -0.179. The SMILES string of the molecule is O=C(O)C1(OCCOc2ccc(-c3cc(=O)c4cccc(Br)c4o3)cc2)CCC1. The number of carboxylic acids is 1. The summed E-state index contributed by atoms with van der Waals surface area (Å²) in [5.74, 6) is 0.189. The van der Waals surface area contributed by atoms with Crippen LogP contribution in [-0.4, -0.2) is 29.9 Å². The Morgan fingerprint density at radius 1 is 1.14 bits per heavy atom. The van der Waals surface area contributed by atoms with E-state index in [-0.39, 0.29) is 18.6 Å². The Bertz CT molecular complexity index is 1100. The highest BCUT2D eigenvalue weighted by Crippen LogP contribution is 2.35. The van der Waals surface area contributed by atoms with Crippen molar-refractivity contribution in [2.45, 2.75) is 24.9 Å². The summed E-state index contributed by atoms with van der Waals surface area (Å²) >= 11 is 3.42. The van der Waals surface area contributed by atoms with Gasteiger partial charge in [0.05, 0.1) is 16.5 Å². The number of hydrogen-bond donors (Lipinski definition) is 1. The molecule has 4 rings (SSSR count). The summed E-state index contributed by atoms with van der Waals surface area (Å²) in [5, 5.41) is 9.76. The molecule has 29 heavy (non-hydrogen) atoms. The average Bonchev–Trinajstić information content (AvgIpc) is 2.67. The molecule has 1 saturated carbocycles. The third-order valence-electron chi connectivity index (χ3n) is 5.13. The van der Waals surface area contributed by atoms with Gasteiger partial charge in [-0.3, -0.25) is 4.79 Å². The fourth-order valence-corrected chi connectivity index (χ4v) is 3.76. The predicted octanol–water partition coefficient (Wildman–Crippen LogP) is 4.63. The first-order chi connectivity index (χ1) is 14.0. The number of carbonyl (C=O) groups is 1. The van der Waals surface area contributed by atoms with Crippen LogP contribution in [0.1, 0.15) is 19.3 Å². The molecule has 0 unspecified atom stereocenters. The van der Waals surface area contributed by atoms with E-state index in [9.17, 15) is 14.7 Å². The van der Waals surface area contributed by atoms with Gasteiger partial charge in [0.1, 0.15) is 18.1 Å². The lowest BCUT2D eigenvalue weighted by Crippen LogP contribution is -2.48. The lowest BCUT2D eigenvalue weighted by Gasteiger charge is -2.37. The van der Waals surface area contributed by atoms with Gasteiger partial charge in [-0.2, -0.15) is 0 Å². The Hall–Kier alpha value is -2.64. The smallest absolute Gasteiger partial charge is 0.335 e. The van der Waals surface area contributed by atoms with Crippen molar-refractivity contribution in [1.82, 2.24) is 0 Å². The molecule has 1 aliphatic rings. The zero-order chi connectivity index (χ0) is 20.4. The molecule has 3 aromatic rings. The molecule has 0 spiro atoms. The molecule has 1 aromatic heterocycles. The first-order valence-corrected chi connectivity index (χ1v) is 10.1. The molecular formula is C22H19BrO6. The van der Waals surface area contributed by atoms with Gasteiger partial charge in [0.2, 0.25) is 0 Å². The summed E-state index contributed by atoms with van der Waals surface area (Å²) in [6.07, 6.45) is 1.96. The molecule has 2 aromatic carbocycles. The Kier molecular flexibility index (Phi) is 5.43. The van der Waals surface area contributed by atoms with E-state index in [4.69, 9.17) is 13.9 Å². The number of rotatable bonds is 7. The second-order valence-corrected chi connectivity index (χ2v) is 7.82. The molecule has 150 valence electrons. The predicted molar refractivity (Wildman–Crippen MR) is 111 cm³/mol. The Morgan fingerprint density at radius 3 is 2.55 bits per heavy atom. The number of hydrogen-bond acceptors (Lipinski definition) is 5. The van der Waals surface area contributed by atoms with Crippen molar-refractivity contribution in [1.29, 1.82) is 0 Å². The highest BCUT2D eigenvalue weighted by molar-refractivity contribution is 9.10. The maximum atomic E-state index is 12.4. The van der Waals surface area contributed by atoms with E-state index in [1.54, 1.807) is 24.3 Å². The monoisotopic (exact) mass is 458 g/mol. The fourth-order valence-electron chi connectivity index (χ4n) is 3.31. The standard InChI is InChI=1S/C22H19BrO6/c23-17-4-1-3-16-18(24)13-19(29-20(16)17)14-5-7-15(8-6-14)27-11-12-28-22(21(25)26)9-2-10-22/h1,3-8,13H,2,9-12H2,(H,25,26). The van der Waals surface area contributed by atoms with Gasteiger partial charge in [0, 0.05) is 11.6 Å². The molecule has 6 nitrogen and oxygen atoms in total. The third-order valence-corrected chi connectivity index (χ3v) is 5.75. The highest BCUT2D eigenvalue weighted by Gasteiger charge is 2.45. The number of fused-ring (bicyclic) bond motifs is 1. The molecule has 0 bridgehead atoms. The van der Waals surface area contributed by atoms with E-state index in [0.29, 0.717) is 35.3 Å². The molecule has 0 amide bonds. The van der Waals surface area contributed by atoms with Crippen molar-refractivity contribution in [2.24, 2.45) is 0 Å². The number of ether oxygens (including phenoxy) is 2. The number of carboxylic acid groups (broad SMARTS) is 1. The molecule has 1 aliphatic carbocycles. The molecule has 7 heteroatoms. The van der Waals surface area contributed by atoms with Crippen molar-refractivity contribution in [3.05, 3.63) is 63.2 Å². The lowest BCUT2D eigenvalue weighted by atomic mass is 9.80. The first kappa shape index (κ1) is 19.7. The van der Waals surface area contributed by atoms with Crippen LogP contribution in [-0.2, 0) is 9.53 Å². The van der Waals surface area contributed by atoms with E-state index >= 15 is 0 Å². The fraction of sp³-hybridized carbons (Fsp3) is 0.273. The van der Waals surface area contributed by atoms with Crippen LogP contribution in [0.4, 0.5) is 0 Å². The van der Waals surface area contributed by atoms with E-state index in [1.807, 2.05) is 18.2 Å². The van der Waals surface area contributed by atoms with Gasteiger partial charge in [-0.15, -0.1) is 0 Å². The third kappa shape index (κ3) is 3.93. The summed E-state index contributed by atoms with van der Waals surface area (Å²) in [7, 11) is 0. The van der Waals surface area contributed by atoms with Crippen molar-refractivity contribution in [3.63, 3.8) is 0 Å². The first-order valence-electron chi connectivity index (χ1n) is 9.31. The molecule has 0 radical (unpaired) electrons. The van der Waals surface area contributed by atoms with Gasteiger partial charge in [-0.05, 0) is 71.6 Å². The molecule has 1 N–H and O–H groups in total. The topological polar surface area (TPSA) is 86.0 Å². The van der Waals surface area contributed by atoms with Gasteiger partial charge in [0.25, 0.3) is 0 Å². The van der Waals surface area contributed by atoms with Crippen LogP contribution in [0, 0.1) is 0 Å². The summed E-state index contributed by atoms with van der Waals surface area (Å²) in [4.78, 5) is 23.6. The van der Waals surface area contributed by atoms with Gasteiger partial charge in [0.15, 0.2) is 16.6 Å². The number of aliphatic carboxylic acids is 1. The van der Waals surface area contributed by atoms with Crippen molar-refractivity contribution >= 4 is 32.9 Å². The minimum absolute atomic E-state index is 0.108. The second kappa shape index (κ2) is 8.00. The quantitative estimate of drug-likeness (QED) is 0.519. The molecule has 0 atom stereocenters. The van der Waals surface area contributed by atoms with Crippen LogP contribution in [0.25, 0.3) is 22.3 Å². The summed E-state index contributed by atoms with van der Waals surface area (Å²) in [6.45, 7) is 0.466. The zero-order valence-electron chi connectivity index (χ0n) is 15.5. The van der Waals surface area contributed by atoms with Crippen LogP contribution in [0.5, 0.6) is 5.75 Å². The van der Waals surface area contributed by atoms with E-state index in [1.165, 1.54) is 6.07 Å². The van der Waals surface area contributed by atoms with Gasteiger partial charge < -0.3 is 19.0 Å². The van der Waals surface area contributed by atoms with Crippen LogP contribution in [0.15, 0.2) is 62.2 Å². The van der Waals surface area contributed by atoms with E-state index < -0.39 is 11.6 Å². The summed E-state index contributed by atoms with van der Waals surface area (Å²) < 4.78 is 17.8. The zero-order valence-corrected chi connectivity index (χ0v) is 17.1. The minimum Gasteiger partial charge on any atom is -0.491 e. The molecule has 0 saturated heterocycles. The van der Waals surface area contributed by atoms with E-state index in [0.717, 1.165) is 16.5 Å². The second-order valence-electron chi connectivity index (χ2n) is 6.97. The van der Waals surface area contributed by atoms with Crippen LogP contribution >= 0.6 is 15.9 Å². The molecule has 0 aliphatic heterocycles. The highest BCUT2D eigenvalue weighted by atomic mass is 79.9. The Labute approximate surface area is 175 Å². The normalized spacial score (nSPS) is 15.1. The number of halogens is 1. The molecular weight excluding hydrogens is 440 g/mol. The average molecular weight is 459 g/mol. The summed E-state index contributed by atoms with van der Waals surface area (Å²) in [6, 6.07) is 14.0. The molecule has 1 fully saturated rings. The molecule has 1 heterocycles. The Balaban J connectivity index is 1.42. The number of benzene rings is 2.